The Morgan fingerprint density at radius 3 is 2.35 bits per heavy atom. The fourth-order valence-electron chi connectivity index (χ4n) is 1.73. The van der Waals surface area contributed by atoms with Crippen molar-refractivity contribution in [2.45, 2.75) is 19.6 Å². The van der Waals surface area contributed by atoms with Gasteiger partial charge in [0.15, 0.2) is 5.78 Å². The van der Waals surface area contributed by atoms with Crippen molar-refractivity contribution < 1.29 is 9.53 Å². The van der Waals surface area contributed by atoms with E-state index in [2.05, 4.69) is 15.9 Å². The number of ketones is 1. The highest BCUT2D eigenvalue weighted by Gasteiger charge is 2.15. The summed E-state index contributed by atoms with van der Waals surface area (Å²) in [6.07, 6.45) is -0.480. The van der Waals surface area contributed by atoms with Crippen LogP contribution in [0.15, 0.2) is 53.0 Å². The zero-order valence-corrected chi connectivity index (χ0v) is 13.3. The van der Waals surface area contributed by atoms with Gasteiger partial charge < -0.3 is 4.74 Å². The first-order valence-electron chi connectivity index (χ1n) is 6.22. The van der Waals surface area contributed by atoms with Crippen molar-refractivity contribution in [3.05, 3.63) is 69.2 Å². The van der Waals surface area contributed by atoms with Crippen LogP contribution in [0, 0.1) is 0 Å². The minimum absolute atomic E-state index is 0.0218. The van der Waals surface area contributed by atoms with E-state index in [0.717, 1.165) is 10.0 Å². The minimum Gasteiger partial charge on any atom is -0.366 e. The highest BCUT2D eigenvalue weighted by Crippen LogP contribution is 2.15. The summed E-state index contributed by atoms with van der Waals surface area (Å²) in [5, 5.41) is 0.688. The van der Waals surface area contributed by atoms with Gasteiger partial charge in [-0.1, -0.05) is 51.8 Å². The zero-order chi connectivity index (χ0) is 14.5. The maximum atomic E-state index is 12.2. The van der Waals surface area contributed by atoms with E-state index >= 15 is 0 Å². The van der Waals surface area contributed by atoms with Gasteiger partial charge in [0.1, 0.15) is 6.10 Å². The van der Waals surface area contributed by atoms with Crippen molar-refractivity contribution in [3.8, 4) is 0 Å². The van der Waals surface area contributed by atoms with E-state index in [4.69, 9.17) is 16.3 Å². The molecular formula is C16H14BrClO2. The van der Waals surface area contributed by atoms with Crippen molar-refractivity contribution in [1.82, 2.24) is 0 Å². The normalized spacial score (nSPS) is 12.2. The molecule has 2 nitrogen and oxygen atoms in total. The summed E-state index contributed by atoms with van der Waals surface area (Å²) in [5.74, 6) is -0.0218. The average Bonchev–Trinajstić information content (AvgIpc) is 2.46. The number of hydrogen-bond donors (Lipinski definition) is 0. The van der Waals surface area contributed by atoms with Gasteiger partial charge in [0.2, 0.25) is 0 Å². The van der Waals surface area contributed by atoms with Gasteiger partial charge in [-0.3, -0.25) is 4.79 Å². The van der Waals surface area contributed by atoms with Gasteiger partial charge in [0.25, 0.3) is 0 Å². The Hall–Kier alpha value is -1.16. The van der Waals surface area contributed by atoms with Gasteiger partial charge in [-0.05, 0) is 36.8 Å². The molecule has 104 valence electrons. The summed E-state index contributed by atoms with van der Waals surface area (Å²) in [5.41, 5.74) is 1.64. The lowest BCUT2D eigenvalue weighted by Gasteiger charge is -2.12. The molecule has 0 bridgehead atoms. The summed E-state index contributed by atoms with van der Waals surface area (Å²) in [6.45, 7) is 2.15. The van der Waals surface area contributed by atoms with Crippen LogP contribution in [0.5, 0.6) is 0 Å². The molecule has 1 unspecified atom stereocenters. The van der Waals surface area contributed by atoms with Crippen LogP contribution in [0.3, 0.4) is 0 Å². The summed E-state index contributed by atoms with van der Waals surface area (Å²) >= 11 is 9.16. The predicted octanol–water partition coefficient (Wildman–Crippen LogP) is 4.89. The highest BCUT2D eigenvalue weighted by atomic mass is 79.9. The monoisotopic (exact) mass is 352 g/mol. The number of halogens is 2. The van der Waals surface area contributed by atoms with Crippen molar-refractivity contribution in [3.63, 3.8) is 0 Å². The quantitative estimate of drug-likeness (QED) is 0.715. The number of rotatable bonds is 5. The SMILES string of the molecule is CC(OCc1ccc(Cl)cc1)C(=O)c1ccc(Br)cc1. The Balaban J connectivity index is 1.94. The first-order valence-corrected chi connectivity index (χ1v) is 7.39. The Labute approximate surface area is 131 Å². The van der Waals surface area contributed by atoms with Crippen LogP contribution in [-0.4, -0.2) is 11.9 Å². The minimum atomic E-state index is -0.480. The lowest BCUT2D eigenvalue weighted by atomic mass is 10.1. The molecule has 0 aliphatic carbocycles. The van der Waals surface area contributed by atoms with Crippen LogP contribution in [0.25, 0.3) is 0 Å². The lowest BCUT2D eigenvalue weighted by molar-refractivity contribution is 0.0412. The van der Waals surface area contributed by atoms with E-state index in [-0.39, 0.29) is 5.78 Å². The van der Waals surface area contributed by atoms with Crippen LogP contribution in [-0.2, 0) is 11.3 Å². The Morgan fingerprint density at radius 1 is 1.15 bits per heavy atom. The topological polar surface area (TPSA) is 26.3 Å². The molecule has 0 heterocycles. The van der Waals surface area contributed by atoms with Gasteiger partial charge in [0, 0.05) is 15.1 Å². The summed E-state index contributed by atoms with van der Waals surface area (Å²) in [4.78, 5) is 12.2. The van der Waals surface area contributed by atoms with Gasteiger partial charge in [-0.25, -0.2) is 0 Å². The molecule has 0 N–H and O–H groups in total. The lowest BCUT2D eigenvalue weighted by Crippen LogP contribution is -2.20. The Kier molecular flexibility index (Phi) is 5.35. The second kappa shape index (κ2) is 7.02. The largest absolute Gasteiger partial charge is 0.366 e. The van der Waals surface area contributed by atoms with Crippen molar-refractivity contribution in [1.29, 1.82) is 0 Å². The molecule has 0 amide bonds. The smallest absolute Gasteiger partial charge is 0.191 e. The first-order chi connectivity index (χ1) is 9.56. The highest BCUT2D eigenvalue weighted by molar-refractivity contribution is 9.10. The summed E-state index contributed by atoms with van der Waals surface area (Å²) in [7, 11) is 0. The van der Waals surface area contributed by atoms with Crippen molar-refractivity contribution >= 4 is 33.3 Å². The number of hydrogen-bond acceptors (Lipinski definition) is 2. The number of benzene rings is 2. The zero-order valence-electron chi connectivity index (χ0n) is 11.0. The molecule has 0 saturated heterocycles. The summed E-state index contributed by atoms with van der Waals surface area (Å²) in [6, 6.07) is 14.7. The molecule has 20 heavy (non-hydrogen) atoms. The maximum absolute atomic E-state index is 12.2. The van der Waals surface area contributed by atoms with Crippen molar-refractivity contribution in [2.75, 3.05) is 0 Å². The maximum Gasteiger partial charge on any atom is 0.191 e. The second-order valence-electron chi connectivity index (χ2n) is 4.45. The third-order valence-corrected chi connectivity index (χ3v) is 3.69. The average molecular weight is 354 g/mol. The van der Waals surface area contributed by atoms with Gasteiger partial charge in [-0.2, -0.15) is 0 Å². The molecule has 2 aromatic rings. The summed E-state index contributed by atoms with van der Waals surface area (Å²) < 4.78 is 6.56. The number of ether oxygens (including phenoxy) is 1. The third kappa shape index (κ3) is 4.17. The van der Waals surface area contributed by atoms with Gasteiger partial charge in [-0.15, -0.1) is 0 Å². The molecule has 0 spiro atoms. The molecular weight excluding hydrogens is 340 g/mol. The number of carbonyl (C=O) groups is 1. The molecule has 0 aromatic heterocycles. The predicted molar refractivity (Wildman–Crippen MR) is 84.2 cm³/mol. The van der Waals surface area contributed by atoms with Crippen LogP contribution < -0.4 is 0 Å². The fraction of sp³-hybridized carbons (Fsp3) is 0.188. The molecule has 2 aromatic carbocycles. The van der Waals surface area contributed by atoms with E-state index in [1.54, 1.807) is 19.1 Å². The van der Waals surface area contributed by atoms with E-state index in [1.165, 1.54) is 0 Å². The Bertz CT molecular complexity index is 578. The molecule has 0 saturated carbocycles. The molecule has 2 rings (SSSR count). The van der Waals surface area contributed by atoms with E-state index < -0.39 is 6.10 Å². The molecule has 0 aliphatic rings. The van der Waals surface area contributed by atoms with Crippen LogP contribution in [0.2, 0.25) is 5.02 Å². The van der Waals surface area contributed by atoms with E-state index in [9.17, 15) is 4.79 Å². The third-order valence-electron chi connectivity index (χ3n) is 2.91. The van der Waals surface area contributed by atoms with Crippen LogP contribution in [0.4, 0.5) is 0 Å². The van der Waals surface area contributed by atoms with E-state index in [1.807, 2.05) is 36.4 Å². The van der Waals surface area contributed by atoms with E-state index in [0.29, 0.717) is 17.2 Å². The molecule has 0 fully saturated rings. The molecule has 1 atom stereocenters. The molecule has 4 heteroatoms. The second-order valence-corrected chi connectivity index (χ2v) is 5.80. The van der Waals surface area contributed by atoms with Crippen molar-refractivity contribution in [2.24, 2.45) is 0 Å². The standard InChI is InChI=1S/C16H14BrClO2/c1-11(16(19)13-4-6-14(17)7-5-13)20-10-12-2-8-15(18)9-3-12/h2-9,11H,10H2,1H3. The van der Waals surface area contributed by atoms with Gasteiger partial charge >= 0.3 is 0 Å². The Morgan fingerprint density at radius 2 is 1.75 bits per heavy atom. The number of carbonyl (C=O) groups excluding carboxylic acids is 1. The van der Waals surface area contributed by atoms with Crippen LogP contribution >= 0.6 is 27.5 Å². The first kappa shape index (κ1) is 15.2. The van der Waals surface area contributed by atoms with Gasteiger partial charge in [0.05, 0.1) is 6.61 Å². The number of Topliss-reactive ketones (excluding diaryl/α,β-unsaturated/α-hetero) is 1. The molecule has 0 aliphatic heterocycles. The van der Waals surface area contributed by atoms with Crippen LogP contribution in [0.1, 0.15) is 22.8 Å². The fourth-order valence-corrected chi connectivity index (χ4v) is 2.12. The molecule has 0 radical (unpaired) electrons.